The minimum absolute atomic E-state index is 0.0379. The zero-order chi connectivity index (χ0) is 24.2. The highest BCUT2D eigenvalue weighted by molar-refractivity contribution is 6.33. The SMILES string of the molecule is O=C(NCc1ccnc(OCC(F)(F)F)c1)N1CCN(c2ncc(C(F)(F)F)cc2Cl)CC1. The number of aromatic nitrogens is 2. The molecule has 0 bridgehead atoms. The minimum atomic E-state index is -4.55. The molecule has 1 N–H and O–H groups in total. The summed E-state index contributed by atoms with van der Waals surface area (Å²) in [5, 5.41) is 2.52. The second-order valence-corrected chi connectivity index (χ2v) is 7.47. The molecule has 0 spiro atoms. The van der Waals surface area contributed by atoms with Crippen molar-refractivity contribution in [1.29, 1.82) is 0 Å². The fourth-order valence-electron chi connectivity index (χ4n) is 3.02. The van der Waals surface area contributed by atoms with Gasteiger partial charge in [-0.2, -0.15) is 26.3 Å². The Hall–Kier alpha value is -2.96. The van der Waals surface area contributed by atoms with Crippen LogP contribution < -0.4 is 15.0 Å². The molecular weight excluding hydrogens is 480 g/mol. The van der Waals surface area contributed by atoms with Gasteiger partial charge in [0.15, 0.2) is 6.61 Å². The fraction of sp³-hybridized carbons (Fsp3) is 0.421. The van der Waals surface area contributed by atoms with E-state index in [1.54, 1.807) is 4.90 Å². The predicted molar refractivity (Wildman–Crippen MR) is 106 cm³/mol. The molecule has 3 rings (SSSR count). The number of hydrogen-bond acceptors (Lipinski definition) is 5. The molecule has 1 fully saturated rings. The fourth-order valence-corrected chi connectivity index (χ4v) is 3.31. The van der Waals surface area contributed by atoms with E-state index in [9.17, 15) is 31.1 Å². The predicted octanol–water partition coefficient (Wildman–Crippen LogP) is 4.12. The maximum Gasteiger partial charge on any atom is 0.422 e. The first-order chi connectivity index (χ1) is 15.4. The number of hydrogen-bond donors (Lipinski definition) is 1. The van der Waals surface area contributed by atoms with Gasteiger partial charge in [-0.3, -0.25) is 0 Å². The molecule has 7 nitrogen and oxygen atoms in total. The van der Waals surface area contributed by atoms with E-state index >= 15 is 0 Å². The lowest BCUT2D eigenvalue weighted by molar-refractivity contribution is -0.154. The van der Waals surface area contributed by atoms with E-state index in [0.29, 0.717) is 24.8 Å². The van der Waals surface area contributed by atoms with Crippen molar-refractivity contribution in [3.05, 3.63) is 46.7 Å². The largest absolute Gasteiger partial charge is 0.468 e. The molecule has 0 aliphatic carbocycles. The monoisotopic (exact) mass is 497 g/mol. The number of nitrogens with one attached hydrogen (secondary N) is 1. The quantitative estimate of drug-likeness (QED) is 0.629. The standard InChI is InChI=1S/C19H18ClF6N5O2/c20-14-8-13(19(24,25)26)10-28-16(14)30-3-5-31(6-4-30)17(32)29-9-12-1-2-27-15(7-12)33-11-18(21,22)23/h1-2,7-8,10H,3-6,9,11H2,(H,29,32). The van der Waals surface area contributed by atoms with Gasteiger partial charge in [-0.05, 0) is 17.7 Å². The number of urea groups is 1. The van der Waals surface area contributed by atoms with E-state index in [-0.39, 0.29) is 36.4 Å². The van der Waals surface area contributed by atoms with Crippen LogP contribution in [0.15, 0.2) is 30.6 Å². The molecule has 3 heterocycles. The Morgan fingerprint density at radius 1 is 1.09 bits per heavy atom. The lowest BCUT2D eigenvalue weighted by Crippen LogP contribution is -2.52. The highest BCUT2D eigenvalue weighted by atomic mass is 35.5. The van der Waals surface area contributed by atoms with Gasteiger partial charge >= 0.3 is 18.4 Å². The van der Waals surface area contributed by atoms with E-state index < -0.39 is 30.6 Å². The third-order valence-corrected chi connectivity index (χ3v) is 4.92. The Morgan fingerprint density at radius 2 is 1.79 bits per heavy atom. The number of alkyl halides is 6. The third kappa shape index (κ3) is 7.01. The van der Waals surface area contributed by atoms with Crippen molar-refractivity contribution >= 4 is 23.4 Å². The van der Waals surface area contributed by atoms with Crippen molar-refractivity contribution in [3.63, 3.8) is 0 Å². The molecule has 1 aliphatic heterocycles. The van der Waals surface area contributed by atoms with Gasteiger partial charge < -0.3 is 19.9 Å². The number of halogens is 7. The Morgan fingerprint density at radius 3 is 2.39 bits per heavy atom. The van der Waals surface area contributed by atoms with Crippen LogP contribution in [-0.4, -0.2) is 59.9 Å². The first-order valence-corrected chi connectivity index (χ1v) is 9.95. The first kappa shape index (κ1) is 24.7. The van der Waals surface area contributed by atoms with E-state index in [0.717, 1.165) is 6.07 Å². The second-order valence-electron chi connectivity index (χ2n) is 7.07. The van der Waals surface area contributed by atoms with Gasteiger partial charge in [-0.25, -0.2) is 14.8 Å². The first-order valence-electron chi connectivity index (χ1n) is 9.57. The second kappa shape index (κ2) is 9.89. The van der Waals surface area contributed by atoms with E-state index in [1.165, 1.54) is 23.2 Å². The van der Waals surface area contributed by atoms with E-state index in [1.807, 2.05) is 0 Å². The summed E-state index contributed by atoms with van der Waals surface area (Å²) in [6, 6.07) is 3.22. The summed E-state index contributed by atoms with van der Waals surface area (Å²) in [6.07, 6.45) is -7.06. The summed E-state index contributed by atoms with van der Waals surface area (Å²) in [5.41, 5.74) is -0.452. The molecule has 33 heavy (non-hydrogen) atoms. The molecule has 2 aromatic rings. The van der Waals surface area contributed by atoms with Gasteiger partial charge in [0.25, 0.3) is 0 Å². The molecular formula is C19H18ClF6N5O2. The van der Waals surface area contributed by atoms with Gasteiger partial charge in [0.1, 0.15) is 5.82 Å². The van der Waals surface area contributed by atoms with Crippen molar-refractivity contribution < 1.29 is 35.9 Å². The molecule has 1 aliphatic rings. The van der Waals surface area contributed by atoms with Crippen molar-refractivity contribution in [2.24, 2.45) is 0 Å². The van der Waals surface area contributed by atoms with Crippen molar-refractivity contribution in [1.82, 2.24) is 20.2 Å². The highest BCUT2D eigenvalue weighted by Crippen LogP contribution is 2.33. The van der Waals surface area contributed by atoms with Gasteiger partial charge in [-0.1, -0.05) is 11.6 Å². The number of nitrogens with zero attached hydrogens (tertiary/aromatic N) is 4. The molecule has 0 radical (unpaired) electrons. The summed E-state index contributed by atoms with van der Waals surface area (Å²) in [7, 11) is 0. The number of carbonyl (C=O) groups excluding carboxylic acids is 1. The maximum absolute atomic E-state index is 12.8. The number of amides is 2. The van der Waals surface area contributed by atoms with Crippen molar-refractivity contribution in [2.75, 3.05) is 37.7 Å². The minimum Gasteiger partial charge on any atom is -0.468 e. The van der Waals surface area contributed by atoms with Crippen molar-refractivity contribution in [3.8, 4) is 5.88 Å². The molecule has 0 aromatic carbocycles. The van der Waals surface area contributed by atoms with Gasteiger partial charge in [-0.15, -0.1) is 0 Å². The molecule has 14 heteroatoms. The van der Waals surface area contributed by atoms with Crippen LogP contribution in [0.4, 0.5) is 37.0 Å². The van der Waals surface area contributed by atoms with Crippen LogP contribution in [0.2, 0.25) is 5.02 Å². The Bertz CT molecular complexity index is 980. The molecule has 180 valence electrons. The van der Waals surface area contributed by atoms with E-state index in [2.05, 4.69) is 20.0 Å². The Labute approximate surface area is 189 Å². The molecule has 2 amide bonds. The van der Waals surface area contributed by atoms with Gasteiger partial charge in [0.2, 0.25) is 5.88 Å². The summed E-state index contributed by atoms with van der Waals surface area (Å²) in [6.45, 7) is -0.303. The average Bonchev–Trinajstić information content (AvgIpc) is 2.75. The molecule has 2 aromatic heterocycles. The van der Waals surface area contributed by atoms with Crippen LogP contribution >= 0.6 is 11.6 Å². The highest BCUT2D eigenvalue weighted by Gasteiger charge is 2.32. The number of ether oxygens (including phenoxy) is 1. The number of pyridine rings is 2. The number of anilines is 1. The zero-order valence-electron chi connectivity index (χ0n) is 16.9. The van der Waals surface area contributed by atoms with Crippen LogP contribution in [0.25, 0.3) is 0 Å². The summed E-state index contributed by atoms with van der Waals surface area (Å²) in [5.74, 6) is -0.0125. The van der Waals surface area contributed by atoms with Crippen LogP contribution in [-0.2, 0) is 12.7 Å². The Balaban J connectivity index is 1.50. The number of piperazine rings is 1. The summed E-state index contributed by atoms with van der Waals surface area (Å²) < 4.78 is 79.6. The molecule has 1 saturated heterocycles. The van der Waals surface area contributed by atoms with Crippen LogP contribution in [0.1, 0.15) is 11.1 Å². The normalized spacial score (nSPS) is 14.9. The maximum atomic E-state index is 12.8. The van der Waals surface area contributed by atoms with Gasteiger partial charge in [0.05, 0.1) is 10.6 Å². The zero-order valence-corrected chi connectivity index (χ0v) is 17.6. The van der Waals surface area contributed by atoms with E-state index in [4.69, 9.17) is 11.6 Å². The lowest BCUT2D eigenvalue weighted by Gasteiger charge is -2.35. The summed E-state index contributed by atoms with van der Waals surface area (Å²) >= 11 is 5.97. The van der Waals surface area contributed by atoms with Gasteiger partial charge in [0, 0.05) is 51.2 Å². The number of rotatable bonds is 5. The van der Waals surface area contributed by atoms with Crippen LogP contribution in [0.5, 0.6) is 5.88 Å². The molecule has 0 atom stereocenters. The Kier molecular flexibility index (Phi) is 7.40. The van der Waals surface area contributed by atoms with Crippen LogP contribution in [0.3, 0.4) is 0 Å². The average molecular weight is 498 g/mol. The topological polar surface area (TPSA) is 70.6 Å². The molecule has 0 saturated carbocycles. The lowest BCUT2D eigenvalue weighted by atomic mass is 10.2. The smallest absolute Gasteiger partial charge is 0.422 e. The molecule has 0 unspecified atom stereocenters. The van der Waals surface area contributed by atoms with Crippen LogP contribution in [0, 0.1) is 0 Å². The number of carbonyl (C=O) groups is 1. The third-order valence-electron chi connectivity index (χ3n) is 4.64. The van der Waals surface area contributed by atoms with Crippen molar-refractivity contribution in [2.45, 2.75) is 18.9 Å². The summed E-state index contributed by atoms with van der Waals surface area (Å²) in [4.78, 5) is 23.1.